The van der Waals surface area contributed by atoms with Crippen LogP contribution in [-0.2, 0) is 12.4 Å². The Morgan fingerprint density at radius 2 is 1.56 bits per heavy atom. The Balaban J connectivity index is 1.94. The van der Waals surface area contributed by atoms with Gasteiger partial charge in [-0.3, -0.25) is 4.98 Å². The fourth-order valence-corrected chi connectivity index (χ4v) is 3.67. The van der Waals surface area contributed by atoms with E-state index in [2.05, 4.69) is 4.98 Å². The number of aromatic amines is 3. The van der Waals surface area contributed by atoms with E-state index >= 15 is 0 Å². The molecule has 4 N–H and O–H groups in total. The van der Waals surface area contributed by atoms with Gasteiger partial charge >= 0.3 is 18.0 Å². The number of hydrogen-bond donors (Lipinski definition) is 4. The summed E-state index contributed by atoms with van der Waals surface area (Å²) >= 11 is 0. The molecular weight excluding hydrogens is 468 g/mol. The number of aromatic nitrogens is 3. The van der Waals surface area contributed by atoms with Crippen LogP contribution in [-0.4, -0.2) is 20.1 Å². The van der Waals surface area contributed by atoms with Gasteiger partial charge in [-0.05, 0) is 41.8 Å². The van der Waals surface area contributed by atoms with Gasteiger partial charge in [-0.15, -0.1) is 0 Å². The number of halogens is 6. The van der Waals surface area contributed by atoms with Crippen molar-refractivity contribution in [1.82, 2.24) is 15.0 Å². The minimum atomic E-state index is -5.25. The molecule has 2 aromatic heterocycles. The van der Waals surface area contributed by atoms with Crippen molar-refractivity contribution in [3.8, 4) is 28.6 Å². The van der Waals surface area contributed by atoms with Crippen molar-refractivity contribution in [2.45, 2.75) is 32.1 Å². The average Bonchev–Trinajstić information content (AvgIpc) is 3.28. The predicted octanol–water partition coefficient (Wildman–Crippen LogP) is 6.51. The quantitative estimate of drug-likeness (QED) is 0.248. The smallest absolute Gasteiger partial charge is 0.420 e. The third-order valence-corrected chi connectivity index (χ3v) is 5.22. The lowest BCUT2D eigenvalue weighted by atomic mass is 10.0. The third-order valence-electron chi connectivity index (χ3n) is 5.22. The van der Waals surface area contributed by atoms with E-state index in [0.717, 1.165) is 5.56 Å². The maximum atomic E-state index is 13.9. The number of alkyl halides is 6. The lowest BCUT2D eigenvalue weighted by molar-refractivity contribution is -0.144. The maximum absolute atomic E-state index is 13.9. The van der Waals surface area contributed by atoms with Crippen molar-refractivity contribution in [2.75, 3.05) is 0 Å². The van der Waals surface area contributed by atoms with Gasteiger partial charge in [-0.2, -0.15) is 26.3 Å². The van der Waals surface area contributed by atoms with Crippen LogP contribution in [0.15, 0.2) is 41.3 Å². The molecule has 6 nitrogen and oxygen atoms in total. The molecule has 4 aromatic rings. The highest BCUT2D eigenvalue weighted by atomic mass is 19.4. The second-order valence-electron chi connectivity index (χ2n) is 7.91. The van der Waals surface area contributed by atoms with E-state index in [9.17, 15) is 36.2 Å². The summed E-state index contributed by atoms with van der Waals surface area (Å²) < 4.78 is 88.6. The molecule has 2 aromatic carbocycles. The van der Waals surface area contributed by atoms with Gasteiger partial charge in [0.1, 0.15) is 11.4 Å². The van der Waals surface area contributed by atoms with Crippen molar-refractivity contribution >= 4 is 10.9 Å². The Morgan fingerprint density at radius 1 is 0.941 bits per heavy atom. The Morgan fingerprint density at radius 3 is 2.06 bits per heavy atom. The van der Waals surface area contributed by atoms with Crippen molar-refractivity contribution in [3.05, 3.63) is 63.7 Å². The molecule has 0 spiro atoms. The molecule has 34 heavy (non-hydrogen) atoms. The second-order valence-corrected chi connectivity index (χ2v) is 7.91. The first kappa shape index (κ1) is 23.3. The Hall–Kier alpha value is -3.83. The van der Waals surface area contributed by atoms with Gasteiger partial charge < -0.3 is 19.8 Å². The van der Waals surface area contributed by atoms with Gasteiger partial charge in [-0.1, -0.05) is 13.8 Å². The van der Waals surface area contributed by atoms with Crippen LogP contribution < -0.4 is 10.4 Å². The average molecular weight is 485 g/mol. The molecule has 0 aliphatic heterocycles. The Bertz CT molecular complexity index is 1390. The minimum Gasteiger partial charge on any atom is -0.493 e. The summed E-state index contributed by atoms with van der Waals surface area (Å²) in [6.07, 6.45) is -8.79. The zero-order chi connectivity index (χ0) is 25.0. The van der Waals surface area contributed by atoms with Gasteiger partial charge in [0.15, 0.2) is 5.75 Å². The second kappa shape index (κ2) is 7.89. The highest BCUT2D eigenvalue weighted by Gasteiger charge is 2.43. The molecule has 4 rings (SSSR count). The number of H-pyrrole nitrogens is 3. The van der Waals surface area contributed by atoms with Gasteiger partial charge in [-0.25, -0.2) is 4.79 Å². The predicted molar refractivity (Wildman–Crippen MR) is 111 cm³/mol. The van der Waals surface area contributed by atoms with Crippen molar-refractivity contribution < 1.29 is 36.2 Å². The molecule has 12 heteroatoms. The standard InChI is InChI=1S/C22H17F6N3O3/c1-9(2)13-8-29-16-4-3-11(7-12(13)16)34-18-14(21(23,24)25)5-10(6-15(18)22(26,27)28)17-19(32)31-20(33)30-17/h3-9,29,32H,1-2H3,(H2,30,31,33). The van der Waals surface area contributed by atoms with E-state index in [1.54, 1.807) is 6.20 Å². The molecule has 0 radical (unpaired) electrons. The van der Waals surface area contributed by atoms with Gasteiger partial charge in [0.2, 0.25) is 5.88 Å². The first-order valence-corrected chi connectivity index (χ1v) is 9.88. The maximum Gasteiger partial charge on any atom is 0.420 e. The first-order valence-electron chi connectivity index (χ1n) is 9.88. The molecule has 180 valence electrons. The number of hydrogen-bond acceptors (Lipinski definition) is 3. The van der Waals surface area contributed by atoms with E-state index in [0.29, 0.717) is 23.0 Å². The van der Waals surface area contributed by atoms with E-state index < -0.39 is 52.1 Å². The van der Waals surface area contributed by atoms with Crippen LogP contribution in [0.3, 0.4) is 0 Å². The zero-order valence-corrected chi connectivity index (χ0v) is 17.6. The summed E-state index contributed by atoms with van der Waals surface area (Å²) in [4.78, 5) is 18.2. The topological polar surface area (TPSA) is 93.9 Å². The van der Waals surface area contributed by atoms with E-state index in [4.69, 9.17) is 4.74 Å². The highest BCUT2D eigenvalue weighted by molar-refractivity contribution is 5.85. The Kier molecular flexibility index (Phi) is 5.41. The van der Waals surface area contributed by atoms with Crippen molar-refractivity contribution in [2.24, 2.45) is 0 Å². The highest BCUT2D eigenvalue weighted by Crippen LogP contribution is 2.48. The molecule has 0 aliphatic carbocycles. The number of ether oxygens (including phenoxy) is 1. The summed E-state index contributed by atoms with van der Waals surface area (Å²) in [5.41, 5.74) is -4.32. The summed E-state index contributed by atoms with van der Waals surface area (Å²) in [5.74, 6) is -2.53. The van der Waals surface area contributed by atoms with Crippen LogP contribution in [0.2, 0.25) is 0 Å². The summed E-state index contributed by atoms with van der Waals surface area (Å²) in [7, 11) is 0. The number of fused-ring (bicyclic) bond motifs is 1. The largest absolute Gasteiger partial charge is 0.493 e. The number of aromatic hydroxyl groups is 1. The molecular formula is C22H17F6N3O3. The zero-order valence-electron chi connectivity index (χ0n) is 17.6. The fraction of sp³-hybridized carbons (Fsp3) is 0.227. The molecule has 2 heterocycles. The van der Waals surface area contributed by atoms with Crippen LogP contribution >= 0.6 is 0 Å². The van der Waals surface area contributed by atoms with Crippen LogP contribution in [0.1, 0.15) is 36.5 Å². The van der Waals surface area contributed by atoms with Crippen LogP contribution in [0.5, 0.6) is 17.4 Å². The lowest BCUT2D eigenvalue weighted by Gasteiger charge is -2.20. The lowest BCUT2D eigenvalue weighted by Crippen LogP contribution is -2.14. The molecule has 0 amide bonds. The van der Waals surface area contributed by atoms with Crippen LogP contribution in [0.4, 0.5) is 26.3 Å². The fourth-order valence-electron chi connectivity index (χ4n) is 3.67. The number of nitrogens with one attached hydrogen (secondary N) is 3. The molecule has 0 saturated carbocycles. The molecule has 0 bridgehead atoms. The summed E-state index contributed by atoms with van der Waals surface area (Å²) in [6, 6.07) is 4.86. The summed E-state index contributed by atoms with van der Waals surface area (Å²) in [5, 5.41) is 10.3. The number of benzene rings is 2. The Labute approximate surface area is 187 Å². The van der Waals surface area contributed by atoms with E-state index in [1.807, 2.05) is 23.8 Å². The normalized spacial score (nSPS) is 12.6. The SMILES string of the molecule is CC(C)c1c[nH]c2ccc(Oc3c(C(F)(F)F)cc(-c4[nH]c(=O)[nH]c4O)cc3C(F)(F)F)cc12. The molecule has 0 unspecified atom stereocenters. The summed E-state index contributed by atoms with van der Waals surface area (Å²) in [6.45, 7) is 3.78. The molecule has 0 aliphatic rings. The minimum absolute atomic E-state index is 0.0379. The number of imidazole rings is 1. The van der Waals surface area contributed by atoms with E-state index in [-0.39, 0.29) is 11.7 Å². The third kappa shape index (κ3) is 4.22. The van der Waals surface area contributed by atoms with Crippen LogP contribution in [0, 0.1) is 0 Å². The van der Waals surface area contributed by atoms with E-state index in [1.165, 1.54) is 18.2 Å². The van der Waals surface area contributed by atoms with Crippen molar-refractivity contribution in [3.63, 3.8) is 0 Å². The molecule has 0 saturated heterocycles. The van der Waals surface area contributed by atoms with Gasteiger partial charge in [0, 0.05) is 22.7 Å². The first-order chi connectivity index (χ1) is 15.8. The van der Waals surface area contributed by atoms with Crippen LogP contribution in [0.25, 0.3) is 22.2 Å². The van der Waals surface area contributed by atoms with Gasteiger partial charge in [0.05, 0.1) is 11.1 Å². The molecule has 0 fully saturated rings. The van der Waals surface area contributed by atoms with Crippen molar-refractivity contribution in [1.29, 1.82) is 0 Å². The van der Waals surface area contributed by atoms with Gasteiger partial charge in [0.25, 0.3) is 0 Å². The molecule has 0 atom stereocenters. The monoisotopic (exact) mass is 485 g/mol. The number of rotatable bonds is 4.